The molecule has 1 aliphatic heterocycles. The van der Waals surface area contributed by atoms with Gasteiger partial charge >= 0.3 is 5.97 Å². The SMILES string of the molecule is Cn1cc(S(=O)(=O)NC2COC2)cc1C(=O)O. The van der Waals surface area contributed by atoms with Crippen molar-refractivity contribution < 1.29 is 23.1 Å². The fourth-order valence-electron chi connectivity index (χ4n) is 1.49. The van der Waals surface area contributed by atoms with E-state index in [1.165, 1.54) is 17.8 Å². The van der Waals surface area contributed by atoms with E-state index in [1.807, 2.05) is 0 Å². The van der Waals surface area contributed by atoms with E-state index in [2.05, 4.69) is 4.72 Å². The quantitative estimate of drug-likeness (QED) is 0.753. The van der Waals surface area contributed by atoms with Crippen molar-refractivity contribution >= 4 is 16.0 Å². The Balaban J connectivity index is 2.26. The van der Waals surface area contributed by atoms with E-state index in [1.54, 1.807) is 0 Å². The first-order chi connectivity index (χ1) is 7.90. The molecule has 8 heteroatoms. The van der Waals surface area contributed by atoms with Crippen molar-refractivity contribution in [3.8, 4) is 0 Å². The average molecular weight is 260 g/mol. The highest BCUT2D eigenvalue weighted by atomic mass is 32.2. The number of carbonyl (C=O) groups is 1. The Morgan fingerprint density at radius 2 is 2.24 bits per heavy atom. The van der Waals surface area contributed by atoms with Crippen molar-refractivity contribution in [3.63, 3.8) is 0 Å². The van der Waals surface area contributed by atoms with Crippen molar-refractivity contribution in [1.29, 1.82) is 0 Å². The zero-order valence-corrected chi connectivity index (χ0v) is 9.90. The minimum atomic E-state index is -3.67. The Morgan fingerprint density at radius 3 is 2.65 bits per heavy atom. The molecule has 0 aliphatic carbocycles. The highest BCUT2D eigenvalue weighted by Gasteiger charge is 2.27. The minimum Gasteiger partial charge on any atom is -0.477 e. The summed E-state index contributed by atoms with van der Waals surface area (Å²) < 4.78 is 32.2. The maximum Gasteiger partial charge on any atom is 0.352 e. The molecule has 0 radical (unpaired) electrons. The fraction of sp³-hybridized carbons (Fsp3) is 0.444. The van der Waals surface area contributed by atoms with Crippen LogP contribution in [-0.2, 0) is 21.8 Å². The van der Waals surface area contributed by atoms with E-state index in [9.17, 15) is 13.2 Å². The number of carboxylic acids is 1. The molecule has 0 bridgehead atoms. The Kier molecular flexibility index (Phi) is 2.94. The molecular formula is C9H12N2O5S. The van der Waals surface area contributed by atoms with Crippen LogP contribution in [0, 0.1) is 0 Å². The number of aromatic nitrogens is 1. The topological polar surface area (TPSA) is 97.6 Å². The molecule has 17 heavy (non-hydrogen) atoms. The lowest BCUT2D eigenvalue weighted by molar-refractivity contribution is 0.00482. The smallest absolute Gasteiger partial charge is 0.352 e. The summed E-state index contributed by atoms with van der Waals surface area (Å²) in [5.74, 6) is -1.17. The number of carboxylic acid groups (broad SMARTS) is 1. The van der Waals surface area contributed by atoms with E-state index in [-0.39, 0.29) is 16.6 Å². The molecule has 2 rings (SSSR count). The first-order valence-corrected chi connectivity index (χ1v) is 6.38. The summed E-state index contributed by atoms with van der Waals surface area (Å²) in [4.78, 5) is 10.7. The number of nitrogens with zero attached hydrogens (tertiary/aromatic N) is 1. The third-order valence-electron chi connectivity index (χ3n) is 2.47. The Morgan fingerprint density at radius 1 is 1.59 bits per heavy atom. The summed E-state index contributed by atoms with van der Waals surface area (Å²) in [7, 11) is -2.19. The van der Waals surface area contributed by atoms with Gasteiger partial charge in [-0.3, -0.25) is 0 Å². The summed E-state index contributed by atoms with van der Waals surface area (Å²) in [6.45, 7) is 0.690. The van der Waals surface area contributed by atoms with Gasteiger partial charge < -0.3 is 14.4 Å². The van der Waals surface area contributed by atoms with Crippen LogP contribution in [-0.4, -0.2) is 43.3 Å². The lowest BCUT2D eigenvalue weighted by Gasteiger charge is -2.26. The van der Waals surface area contributed by atoms with Gasteiger partial charge in [0.05, 0.1) is 19.3 Å². The second-order valence-electron chi connectivity index (χ2n) is 3.83. The molecule has 94 valence electrons. The third-order valence-corrected chi connectivity index (χ3v) is 3.96. The summed E-state index contributed by atoms with van der Waals surface area (Å²) in [5.41, 5.74) is -0.0739. The molecule has 1 fully saturated rings. The van der Waals surface area contributed by atoms with Crippen LogP contribution in [0.5, 0.6) is 0 Å². The predicted octanol–water partition coefficient (Wildman–Crippen LogP) is -0.600. The number of rotatable bonds is 4. The maximum absolute atomic E-state index is 11.9. The van der Waals surface area contributed by atoms with Gasteiger partial charge in [0.25, 0.3) is 0 Å². The van der Waals surface area contributed by atoms with Gasteiger partial charge in [0, 0.05) is 13.2 Å². The van der Waals surface area contributed by atoms with Gasteiger partial charge in [0.2, 0.25) is 10.0 Å². The van der Waals surface area contributed by atoms with Gasteiger partial charge in [-0.2, -0.15) is 0 Å². The van der Waals surface area contributed by atoms with E-state index >= 15 is 0 Å². The monoisotopic (exact) mass is 260 g/mol. The Bertz CT molecular complexity index is 544. The molecule has 0 amide bonds. The predicted molar refractivity (Wildman–Crippen MR) is 57.3 cm³/mol. The van der Waals surface area contributed by atoms with Crippen LogP contribution in [0.4, 0.5) is 0 Å². The van der Waals surface area contributed by atoms with Crippen LogP contribution < -0.4 is 4.72 Å². The standard InChI is InChI=1S/C9H12N2O5S/c1-11-3-7(2-8(11)9(12)13)17(14,15)10-6-4-16-5-6/h2-3,6,10H,4-5H2,1H3,(H,12,13). The second-order valence-corrected chi connectivity index (χ2v) is 5.55. The molecule has 0 atom stereocenters. The first kappa shape index (κ1) is 12.1. The first-order valence-electron chi connectivity index (χ1n) is 4.90. The fourth-order valence-corrected chi connectivity index (χ4v) is 2.76. The molecule has 0 spiro atoms. The average Bonchev–Trinajstić information content (AvgIpc) is 2.55. The van der Waals surface area contributed by atoms with Crippen molar-refractivity contribution in [1.82, 2.24) is 9.29 Å². The molecule has 1 aromatic heterocycles. The highest BCUT2D eigenvalue weighted by Crippen LogP contribution is 2.15. The van der Waals surface area contributed by atoms with E-state index in [0.29, 0.717) is 13.2 Å². The molecule has 2 heterocycles. The van der Waals surface area contributed by atoms with E-state index in [0.717, 1.165) is 6.07 Å². The Hall–Kier alpha value is -1.38. The molecular weight excluding hydrogens is 248 g/mol. The van der Waals surface area contributed by atoms with Gasteiger partial charge in [0.15, 0.2) is 0 Å². The van der Waals surface area contributed by atoms with Crippen LogP contribution in [0.1, 0.15) is 10.5 Å². The zero-order valence-electron chi connectivity index (χ0n) is 9.08. The number of aromatic carboxylic acids is 1. The molecule has 7 nitrogen and oxygen atoms in total. The lowest BCUT2D eigenvalue weighted by atomic mass is 10.3. The van der Waals surface area contributed by atoms with Gasteiger partial charge in [-0.15, -0.1) is 0 Å². The third kappa shape index (κ3) is 2.33. The second kappa shape index (κ2) is 4.13. The number of hydrogen-bond acceptors (Lipinski definition) is 4. The van der Waals surface area contributed by atoms with Gasteiger partial charge in [0.1, 0.15) is 10.6 Å². The largest absolute Gasteiger partial charge is 0.477 e. The molecule has 0 saturated carbocycles. The number of nitrogens with one attached hydrogen (secondary N) is 1. The van der Waals surface area contributed by atoms with Crippen LogP contribution in [0.15, 0.2) is 17.2 Å². The molecule has 1 aromatic rings. The lowest BCUT2D eigenvalue weighted by Crippen LogP contribution is -2.48. The summed E-state index contributed by atoms with van der Waals surface area (Å²) in [6, 6.07) is 0.901. The van der Waals surface area contributed by atoms with Crippen molar-refractivity contribution in [2.45, 2.75) is 10.9 Å². The van der Waals surface area contributed by atoms with Gasteiger partial charge in [-0.05, 0) is 6.07 Å². The number of hydrogen-bond donors (Lipinski definition) is 2. The van der Waals surface area contributed by atoms with Gasteiger partial charge in [-0.25, -0.2) is 17.9 Å². The highest BCUT2D eigenvalue weighted by molar-refractivity contribution is 7.89. The van der Waals surface area contributed by atoms with Crippen molar-refractivity contribution in [2.24, 2.45) is 7.05 Å². The molecule has 0 aromatic carbocycles. The Labute approximate surface area is 98.0 Å². The van der Waals surface area contributed by atoms with Crippen LogP contribution in [0.2, 0.25) is 0 Å². The van der Waals surface area contributed by atoms with Crippen molar-refractivity contribution in [2.75, 3.05) is 13.2 Å². The summed E-state index contributed by atoms with van der Waals surface area (Å²) in [5, 5.41) is 8.83. The van der Waals surface area contributed by atoms with Crippen LogP contribution in [0.25, 0.3) is 0 Å². The van der Waals surface area contributed by atoms with E-state index < -0.39 is 16.0 Å². The van der Waals surface area contributed by atoms with E-state index in [4.69, 9.17) is 9.84 Å². The molecule has 1 aliphatic rings. The maximum atomic E-state index is 11.9. The van der Waals surface area contributed by atoms with Crippen LogP contribution >= 0.6 is 0 Å². The summed E-state index contributed by atoms with van der Waals surface area (Å²) in [6.07, 6.45) is 1.27. The normalized spacial score (nSPS) is 16.8. The number of ether oxygens (including phenoxy) is 1. The van der Waals surface area contributed by atoms with Crippen LogP contribution in [0.3, 0.4) is 0 Å². The molecule has 0 unspecified atom stereocenters. The number of aryl methyl sites for hydroxylation is 1. The minimum absolute atomic E-state index is 0.0516. The molecule has 2 N–H and O–H groups in total. The molecule has 1 saturated heterocycles. The zero-order chi connectivity index (χ0) is 12.6. The number of sulfonamides is 1. The summed E-state index contributed by atoms with van der Waals surface area (Å²) >= 11 is 0. The van der Waals surface area contributed by atoms with Gasteiger partial charge in [-0.1, -0.05) is 0 Å². The van der Waals surface area contributed by atoms with Crippen molar-refractivity contribution in [3.05, 3.63) is 18.0 Å².